The fourth-order valence-corrected chi connectivity index (χ4v) is 2.54. The Morgan fingerprint density at radius 2 is 1.91 bits per heavy atom. The lowest BCUT2D eigenvalue weighted by molar-refractivity contribution is 0.302. The molecule has 0 amide bonds. The van der Waals surface area contributed by atoms with Crippen molar-refractivity contribution >= 4 is 0 Å². The molecule has 1 unspecified atom stereocenters. The number of pyridine rings is 1. The molecule has 0 spiro atoms. The van der Waals surface area contributed by atoms with Crippen molar-refractivity contribution in [3.63, 3.8) is 0 Å². The monoisotopic (exact) mass is 300 g/mol. The number of aromatic hydroxyl groups is 1. The molecule has 0 aliphatic rings. The van der Waals surface area contributed by atoms with E-state index in [9.17, 15) is 9.90 Å². The highest BCUT2D eigenvalue weighted by Crippen LogP contribution is 2.17. The van der Waals surface area contributed by atoms with Gasteiger partial charge in [-0.25, -0.2) is 0 Å². The van der Waals surface area contributed by atoms with E-state index in [1.807, 2.05) is 29.8 Å². The SMILES string of the molecule is CCC(C)n1cc(O)c(=O)cc1CN(C)Cc1ccccc1. The molecule has 2 rings (SSSR count). The van der Waals surface area contributed by atoms with Gasteiger partial charge in [0.05, 0.1) is 6.20 Å². The Bertz CT molecular complexity index is 665. The van der Waals surface area contributed by atoms with Crippen LogP contribution < -0.4 is 5.43 Å². The van der Waals surface area contributed by atoms with Crippen molar-refractivity contribution in [1.29, 1.82) is 0 Å². The summed E-state index contributed by atoms with van der Waals surface area (Å²) >= 11 is 0. The third kappa shape index (κ3) is 3.98. The normalized spacial score (nSPS) is 12.5. The molecule has 0 radical (unpaired) electrons. The topological polar surface area (TPSA) is 45.5 Å². The summed E-state index contributed by atoms with van der Waals surface area (Å²) in [5, 5.41) is 9.69. The van der Waals surface area contributed by atoms with Crippen molar-refractivity contribution in [3.8, 4) is 5.75 Å². The average molecular weight is 300 g/mol. The molecule has 0 aliphatic heterocycles. The molecular weight excluding hydrogens is 276 g/mol. The van der Waals surface area contributed by atoms with Gasteiger partial charge in [-0.2, -0.15) is 0 Å². The first-order valence-corrected chi connectivity index (χ1v) is 7.67. The molecule has 0 bridgehead atoms. The van der Waals surface area contributed by atoms with Crippen molar-refractivity contribution in [2.75, 3.05) is 7.05 Å². The minimum atomic E-state index is -0.317. The summed E-state index contributed by atoms with van der Waals surface area (Å²) in [6, 6.07) is 12.0. The number of rotatable bonds is 6. The largest absolute Gasteiger partial charge is 0.503 e. The third-order valence-corrected chi connectivity index (χ3v) is 3.94. The van der Waals surface area contributed by atoms with Gasteiger partial charge in [-0.3, -0.25) is 9.69 Å². The lowest BCUT2D eigenvalue weighted by Crippen LogP contribution is -2.23. The average Bonchev–Trinajstić information content (AvgIpc) is 2.50. The highest BCUT2D eigenvalue weighted by molar-refractivity contribution is 5.21. The Morgan fingerprint density at radius 1 is 1.23 bits per heavy atom. The molecule has 1 aromatic heterocycles. The van der Waals surface area contributed by atoms with Crippen LogP contribution in [-0.4, -0.2) is 21.6 Å². The molecule has 22 heavy (non-hydrogen) atoms. The quantitative estimate of drug-likeness (QED) is 0.891. The lowest BCUT2D eigenvalue weighted by atomic mass is 10.2. The van der Waals surface area contributed by atoms with Gasteiger partial charge in [-0.05, 0) is 26.0 Å². The molecule has 118 valence electrons. The van der Waals surface area contributed by atoms with Crippen LogP contribution in [0.5, 0.6) is 5.75 Å². The smallest absolute Gasteiger partial charge is 0.223 e. The van der Waals surface area contributed by atoms with Crippen LogP contribution in [0.15, 0.2) is 47.4 Å². The Hall–Kier alpha value is -2.07. The van der Waals surface area contributed by atoms with Gasteiger partial charge >= 0.3 is 0 Å². The number of hydrogen-bond donors (Lipinski definition) is 1. The van der Waals surface area contributed by atoms with Crippen LogP contribution >= 0.6 is 0 Å². The molecule has 1 aromatic carbocycles. The first-order valence-electron chi connectivity index (χ1n) is 7.67. The Kier molecular flexibility index (Phi) is 5.39. The Morgan fingerprint density at radius 3 is 2.55 bits per heavy atom. The van der Waals surface area contributed by atoms with Gasteiger partial charge in [0.15, 0.2) is 5.75 Å². The van der Waals surface area contributed by atoms with Crippen molar-refractivity contribution in [1.82, 2.24) is 9.47 Å². The first-order chi connectivity index (χ1) is 10.5. The zero-order valence-electron chi connectivity index (χ0n) is 13.5. The minimum Gasteiger partial charge on any atom is -0.503 e. The fraction of sp³-hybridized carbons (Fsp3) is 0.389. The maximum absolute atomic E-state index is 11.8. The zero-order valence-corrected chi connectivity index (χ0v) is 13.5. The molecule has 4 nitrogen and oxygen atoms in total. The van der Waals surface area contributed by atoms with Gasteiger partial charge in [0.1, 0.15) is 0 Å². The van der Waals surface area contributed by atoms with E-state index < -0.39 is 0 Å². The van der Waals surface area contributed by atoms with Crippen LogP contribution in [0.25, 0.3) is 0 Å². The van der Waals surface area contributed by atoms with Crippen molar-refractivity contribution < 1.29 is 5.11 Å². The van der Waals surface area contributed by atoms with E-state index >= 15 is 0 Å². The van der Waals surface area contributed by atoms with Gasteiger partial charge in [-0.1, -0.05) is 37.3 Å². The second-order valence-corrected chi connectivity index (χ2v) is 5.84. The second-order valence-electron chi connectivity index (χ2n) is 5.84. The molecule has 1 atom stereocenters. The molecule has 0 saturated carbocycles. The number of nitrogens with zero attached hydrogens (tertiary/aromatic N) is 2. The van der Waals surface area contributed by atoms with E-state index in [1.165, 1.54) is 5.56 Å². The molecule has 0 fully saturated rings. The second kappa shape index (κ2) is 7.27. The molecule has 1 heterocycles. The van der Waals surface area contributed by atoms with E-state index in [0.717, 1.165) is 18.7 Å². The summed E-state index contributed by atoms with van der Waals surface area (Å²) in [4.78, 5) is 13.9. The maximum atomic E-state index is 11.8. The van der Waals surface area contributed by atoms with Crippen LogP contribution in [0.4, 0.5) is 0 Å². The van der Waals surface area contributed by atoms with Crippen LogP contribution in [0.2, 0.25) is 0 Å². The van der Waals surface area contributed by atoms with E-state index in [4.69, 9.17) is 0 Å². The van der Waals surface area contributed by atoms with E-state index in [1.54, 1.807) is 12.3 Å². The van der Waals surface area contributed by atoms with Gasteiger partial charge in [0.25, 0.3) is 0 Å². The maximum Gasteiger partial charge on any atom is 0.223 e. The Labute approximate surface area is 131 Å². The van der Waals surface area contributed by atoms with Gasteiger partial charge in [-0.15, -0.1) is 0 Å². The zero-order chi connectivity index (χ0) is 16.1. The summed E-state index contributed by atoms with van der Waals surface area (Å²) in [6.45, 7) is 5.66. The highest BCUT2D eigenvalue weighted by atomic mass is 16.3. The molecule has 1 N–H and O–H groups in total. The van der Waals surface area contributed by atoms with Crippen molar-refractivity contribution in [2.45, 2.75) is 39.4 Å². The molecule has 4 heteroatoms. The summed E-state index contributed by atoms with van der Waals surface area (Å²) in [7, 11) is 2.03. The predicted molar refractivity (Wildman–Crippen MR) is 89.0 cm³/mol. The molecular formula is C18H24N2O2. The van der Waals surface area contributed by atoms with Crippen LogP contribution in [0.1, 0.15) is 37.6 Å². The summed E-state index contributed by atoms with van der Waals surface area (Å²) in [5.74, 6) is -0.185. The summed E-state index contributed by atoms with van der Waals surface area (Å²) < 4.78 is 2.00. The van der Waals surface area contributed by atoms with E-state index in [2.05, 4.69) is 30.9 Å². The number of benzene rings is 1. The minimum absolute atomic E-state index is 0.185. The van der Waals surface area contributed by atoms with Gasteiger partial charge < -0.3 is 9.67 Å². The number of aromatic nitrogens is 1. The van der Waals surface area contributed by atoms with E-state index in [0.29, 0.717) is 6.54 Å². The van der Waals surface area contributed by atoms with Crippen LogP contribution in [-0.2, 0) is 13.1 Å². The molecule has 2 aromatic rings. The van der Waals surface area contributed by atoms with Gasteiger partial charge in [0.2, 0.25) is 5.43 Å². The van der Waals surface area contributed by atoms with Crippen molar-refractivity contribution in [2.24, 2.45) is 0 Å². The van der Waals surface area contributed by atoms with Gasteiger partial charge in [0, 0.05) is 30.9 Å². The van der Waals surface area contributed by atoms with Crippen LogP contribution in [0, 0.1) is 0 Å². The van der Waals surface area contributed by atoms with Crippen molar-refractivity contribution in [3.05, 3.63) is 64.1 Å². The molecule has 0 aliphatic carbocycles. The molecule has 0 saturated heterocycles. The Balaban J connectivity index is 2.20. The third-order valence-electron chi connectivity index (χ3n) is 3.94. The summed E-state index contributed by atoms with van der Waals surface area (Å²) in [5.41, 5.74) is 1.85. The predicted octanol–water partition coefficient (Wildman–Crippen LogP) is 3.16. The fourth-order valence-electron chi connectivity index (χ4n) is 2.54. The standard InChI is InChI=1S/C18H24N2O2/c1-4-14(2)20-13-18(22)17(21)10-16(20)12-19(3)11-15-8-6-5-7-9-15/h5-10,13-14,22H,4,11-12H2,1-3H3. The highest BCUT2D eigenvalue weighted by Gasteiger charge is 2.12. The first kappa shape index (κ1) is 16.3. The number of hydrogen-bond acceptors (Lipinski definition) is 3. The van der Waals surface area contributed by atoms with E-state index in [-0.39, 0.29) is 17.2 Å². The van der Waals surface area contributed by atoms with Crippen LogP contribution in [0.3, 0.4) is 0 Å². The lowest BCUT2D eigenvalue weighted by Gasteiger charge is -2.23. The summed E-state index contributed by atoms with van der Waals surface area (Å²) in [6.07, 6.45) is 2.50.